The monoisotopic (exact) mass is 415 g/mol. The van der Waals surface area contributed by atoms with E-state index in [2.05, 4.69) is 34.1 Å². The lowest BCUT2D eigenvalue weighted by Crippen LogP contribution is -2.52. The first kappa shape index (κ1) is 21.1. The molecular formula is C26H29N3O2. The van der Waals surface area contributed by atoms with E-state index in [0.29, 0.717) is 6.54 Å². The Morgan fingerprint density at radius 2 is 1.84 bits per heavy atom. The largest absolute Gasteiger partial charge is 0.496 e. The Balaban J connectivity index is 1.76. The molecule has 5 nitrogen and oxygen atoms in total. The van der Waals surface area contributed by atoms with E-state index in [1.165, 1.54) is 0 Å². The molecule has 0 N–H and O–H groups in total. The highest BCUT2D eigenvalue weighted by Gasteiger charge is 2.50. The predicted octanol–water partition coefficient (Wildman–Crippen LogP) is 4.34. The quantitative estimate of drug-likeness (QED) is 0.601. The summed E-state index contributed by atoms with van der Waals surface area (Å²) in [4.78, 5) is 22.1. The number of hydrogen-bond acceptors (Lipinski definition) is 4. The zero-order valence-corrected chi connectivity index (χ0v) is 18.4. The molecule has 0 aliphatic carbocycles. The van der Waals surface area contributed by atoms with E-state index >= 15 is 0 Å². The van der Waals surface area contributed by atoms with Crippen molar-refractivity contribution in [3.05, 3.63) is 84.2 Å². The molecule has 31 heavy (non-hydrogen) atoms. The molecule has 0 spiro atoms. The fraction of sp³-hybridized carbons (Fsp3) is 0.308. The van der Waals surface area contributed by atoms with Gasteiger partial charge in [0, 0.05) is 32.4 Å². The second-order valence-corrected chi connectivity index (χ2v) is 8.19. The summed E-state index contributed by atoms with van der Waals surface area (Å²) in [6.07, 6.45) is 3.46. The highest BCUT2D eigenvalue weighted by atomic mass is 16.5. The molecule has 1 aromatic heterocycles. The molecular weight excluding hydrogens is 386 g/mol. The van der Waals surface area contributed by atoms with E-state index in [1.807, 2.05) is 56.6 Å². The minimum absolute atomic E-state index is 0.0712. The van der Waals surface area contributed by atoms with Crippen LogP contribution in [0.3, 0.4) is 0 Å². The van der Waals surface area contributed by atoms with Crippen molar-refractivity contribution in [3.63, 3.8) is 0 Å². The Hall–Kier alpha value is -3.18. The van der Waals surface area contributed by atoms with Gasteiger partial charge >= 0.3 is 0 Å². The average molecular weight is 416 g/mol. The van der Waals surface area contributed by atoms with Gasteiger partial charge in [0.15, 0.2) is 0 Å². The predicted molar refractivity (Wildman–Crippen MR) is 123 cm³/mol. The fourth-order valence-electron chi connectivity index (χ4n) is 4.63. The number of carbonyl (C=O) groups excluding carboxylic acids is 1. The van der Waals surface area contributed by atoms with Crippen molar-refractivity contribution in [2.75, 3.05) is 27.7 Å². The molecule has 0 saturated carbocycles. The smallest absolute Gasteiger partial charge is 0.248 e. The van der Waals surface area contributed by atoms with Crippen LogP contribution in [-0.4, -0.2) is 48.4 Å². The van der Waals surface area contributed by atoms with Crippen LogP contribution in [0.2, 0.25) is 0 Å². The maximum Gasteiger partial charge on any atom is 0.248 e. The van der Waals surface area contributed by atoms with Crippen molar-refractivity contribution < 1.29 is 9.53 Å². The summed E-state index contributed by atoms with van der Waals surface area (Å²) in [6, 6.07) is 22.4. The molecule has 2 aromatic carbocycles. The van der Waals surface area contributed by atoms with Crippen molar-refractivity contribution in [3.8, 4) is 16.9 Å². The van der Waals surface area contributed by atoms with Gasteiger partial charge in [0.1, 0.15) is 11.3 Å². The summed E-state index contributed by atoms with van der Waals surface area (Å²) in [5.74, 6) is 0.903. The number of ether oxygens (including phenoxy) is 1. The van der Waals surface area contributed by atoms with Gasteiger partial charge in [-0.15, -0.1) is 0 Å². The Kier molecular flexibility index (Phi) is 6.05. The molecule has 0 radical (unpaired) electrons. The SMILES string of the molecule is COc1ccc(-c2ccccc2)cc1CN1CCC[C@]1(C(=O)N(C)C)c1ccccn1. The van der Waals surface area contributed by atoms with E-state index in [0.717, 1.165) is 47.5 Å². The number of likely N-dealkylation sites (tertiary alicyclic amines) is 1. The molecule has 1 saturated heterocycles. The van der Waals surface area contributed by atoms with Crippen molar-refractivity contribution in [1.29, 1.82) is 0 Å². The molecule has 0 unspecified atom stereocenters. The lowest BCUT2D eigenvalue weighted by Gasteiger charge is -2.38. The molecule has 1 fully saturated rings. The van der Waals surface area contributed by atoms with Crippen LogP contribution in [0, 0.1) is 0 Å². The van der Waals surface area contributed by atoms with Gasteiger partial charge in [-0.2, -0.15) is 0 Å². The number of hydrogen-bond donors (Lipinski definition) is 0. The van der Waals surface area contributed by atoms with Crippen molar-refractivity contribution in [1.82, 2.24) is 14.8 Å². The number of benzene rings is 2. The second kappa shape index (κ2) is 8.90. The molecule has 1 atom stereocenters. The van der Waals surface area contributed by atoms with Crippen LogP contribution in [0.5, 0.6) is 5.75 Å². The Bertz CT molecular complexity index is 1040. The van der Waals surface area contributed by atoms with E-state index in [9.17, 15) is 4.79 Å². The molecule has 3 aromatic rings. The Labute approximate surface area is 184 Å². The van der Waals surface area contributed by atoms with E-state index in [-0.39, 0.29) is 5.91 Å². The lowest BCUT2D eigenvalue weighted by atomic mass is 9.89. The average Bonchev–Trinajstić information content (AvgIpc) is 3.23. The third-order valence-electron chi connectivity index (χ3n) is 6.10. The Morgan fingerprint density at radius 3 is 2.52 bits per heavy atom. The number of methoxy groups -OCH3 is 1. The van der Waals surface area contributed by atoms with Crippen molar-refractivity contribution >= 4 is 5.91 Å². The van der Waals surface area contributed by atoms with Gasteiger partial charge in [0.25, 0.3) is 0 Å². The first-order valence-electron chi connectivity index (χ1n) is 10.7. The summed E-state index contributed by atoms with van der Waals surface area (Å²) in [7, 11) is 5.34. The zero-order valence-electron chi connectivity index (χ0n) is 18.4. The van der Waals surface area contributed by atoms with Gasteiger partial charge in [0.05, 0.1) is 12.8 Å². The van der Waals surface area contributed by atoms with Gasteiger partial charge in [-0.3, -0.25) is 14.7 Å². The van der Waals surface area contributed by atoms with Gasteiger partial charge in [-0.1, -0.05) is 42.5 Å². The zero-order chi connectivity index (χ0) is 21.8. The topological polar surface area (TPSA) is 45.7 Å². The Morgan fingerprint density at radius 1 is 1.06 bits per heavy atom. The third-order valence-corrected chi connectivity index (χ3v) is 6.10. The lowest BCUT2D eigenvalue weighted by molar-refractivity contribution is -0.141. The highest BCUT2D eigenvalue weighted by Crippen LogP contribution is 2.41. The molecule has 4 rings (SSSR count). The summed E-state index contributed by atoms with van der Waals surface area (Å²) in [5, 5.41) is 0. The highest BCUT2D eigenvalue weighted by molar-refractivity contribution is 5.87. The van der Waals surface area contributed by atoms with E-state index < -0.39 is 5.54 Å². The molecule has 1 aliphatic rings. The van der Waals surface area contributed by atoms with Crippen molar-refractivity contribution in [2.45, 2.75) is 24.9 Å². The van der Waals surface area contributed by atoms with Crippen LogP contribution in [0.25, 0.3) is 11.1 Å². The molecule has 5 heteroatoms. The van der Waals surface area contributed by atoms with Crippen LogP contribution in [0.1, 0.15) is 24.1 Å². The number of carbonyl (C=O) groups is 1. The molecule has 160 valence electrons. The molecule has 1 aliphatic heterocycles. The van der Waals surface area contributed by atoms with Gasteiger partial charge in [-0.25, -0.2) is 0 Å². The fourth-order valence-corrected chi connectivity index (χ4v) is 4.63. The van der Waals surface area contributed by atoms with Crippen LogP contribution in [-0.2, 0) is 16.9 Å². The van der Waals surface area contributed by atoms with Crippen LogP contribution >= 0.6 is 0 Å². The number of amides is 1. The minimum atomic E-state index is -0.765. The molecule has 1 amide bonds. The van der Waals surface area contributed by atoms with Crippen LogP contribution in [0.4, 0.5) is 0 Å². The number of rotatable bonds is 6. The standard InChI is InChI=1S/C26H29N3O2/c1-28(2)25(30)26(24-12-7-8-16-27-24)15-9-17-29(26)19-22-18-21(13-14-23(22)31-3)20-10-5-4-6-11-20/h4-8,10-14,16,18H,9,15,17,19H2,1-3H3/t26-/m1/s1. The van der Waals surface area contributed by atoms with Crippen LogP contribution in [0.15, 0.2) is 72.9 Å². The van der Waals surface area contributed by atoms with E-state index in [1.54, 1.807) is 18.2 Å². The van der Waals surface area contributed by atoms with Gasteiger partial charge < -0.3 is 9.64 Å². The summed E-state index contributed by atoms with van der Waals surface area (Å²) < 4.78 is 5.69. The summed E-state index contributed by atoms with van der Waals surface area (Å²) in [6.45, 7) is 1.44. The number of aromatic nitrogens is 1. The first-order chi connectivity index (χ1) is 15.1. The van der Waals surface area contributed by atoms with Gasteiger partial charge in [0.2, 0.25) is 5.91 Å². The van der Waals surface area contributed by atoms with Crippen molar-refractivity contribution in [2.24, 2.45) is 0 Å². The summed E-state index contributed by atoms with van der Waals surface area (Å²) in [5.41, 5.74) is 3.41. The molecule has 2 heterocycles. The third kappa shape index (κ3) is 3.93. The number of likely N-dealkylation sites (N-methyl/N-ethyl adjacent to an activating group) is 1. The normalized spacial score (nSPS) is 18.7. The van der Waals surface area contributed by atoms with E-state index in [4.69, 9.17) is 4.74 Å². The van der Waals surface area contributed by atoms with Gasteiger partial charge in [-0.05, 0) is 54.8 Å². The summed E-state index contributed by atoms with van der Waals surface area (Å²) >= 11 is 0. The number of nitrogens with zero attached hydrogens (tertiary/aromatic N) is 3. The maximum atomic E-state index is 13.5. The number of pyridine rings is 1. The first-order valence-corrected chi connectivity index (χ1v) is 10.7. The molecule has 0 bridgehead atoms. The van der Waals surface area contributed by atoms with Crippen LogP contribution < -0.4 is 4.74 Å². The second-order valence-electron chi connectivity index (χ2n) is 8.19. The maximum absolute atomic E-state index is 13.5. The minimum Gasteiger partial charge on any atom is -0.496 e.